The van der Waals surface area contributed by atoms with Gasteiger partial charge in [-0.3, -0.25) is 9.69 Å². The zero-order valence-electron chi connectivity index (χ0n) is 14.4. The summed E-state index contributed by atoms with van der Waals surface area (Å²) >= 11 is 0. The Morgan fingerprint density at radius 2 is 1.96 bits per heavy atom. The molecule has 3 heterocycles. The van der Waals surface area contributed by atoms with Gasteiger partial charge in [-0.15, -0.1) is 5.10 Å². The van der Waals surface area contributed by atoms with E-state index in [1.807, 2.05) is 42.5 Å². The Balaban J connectivity index is 1.49. The number of nitrogens with one attached hydrogen (secondary N) is 1. The molecule has 1 saturated heterocycles. The quantitative estimate of drug-likeness (QED) is 0.738. The number of hydrogen-bond acceptors (Lipinski definition) is 5. The van der Waals surface area contributed by atoms with Crippen molar-refractivity contribution in [1.29, 1.82) is 0 Å². The molecule has 7 nitrogen and oxygen atoms in total. The van der Waals surface area contributed by atoms with E-state index in [2.05, 4.69) is 20.5 Å². The second-order valence-electron chi connectivity index (χ2n) is 6.35. The molecule has 0 aliphatic carbocycles. The van der Waals surface area contributed by atoms with Crippen LogP contribution in [0.1, 0.15) is 35.1 Å². The van der Waals surface area contributed by atoms with Crippen LogP contribution in [0.2, 0.25) is 0 Å². The summed E-state index contributed by atoms with van der Waals surface area (Å²) in [6.07, 6.45) is 5.51. The minimum Gasteiger partial charge on any atom is -0.468 e. The van der Waals surface area contributed by atoms with E-state index in [0.717, 1.165) is 24.5 Å². The van der Waals surface area contributed by atoms with Crippen LogP contribution in [0.4, 0.5) is 0 Å². The molecular formula is C19H21N5O2. The van der Waals surface area contributed by atoms with E-state index in [0.29, 0.717) is 12.2 Å². The van der Waals surface area contributed by atoms with Crippen molar-refractivity contribution in [3.63, 3.8) is 0 Å². The van der Waals surface area contributed by atoms with Gasteiger partial charge in [-0.25, -0.2) is 4.68 Å². The summed E-state index contributed by atoms with van der Waals surface area (Å²) in [5, 5.41) is 11.0. The Morgan fingerprint density at radius 1 is 1.15 bits per heavy atom. The summed E-state index contributed by atoms with van der Waals surface area (Å²) in [6, 6.07) is 13.4. The highest BCUT2D eigenvalue weighted by molar-refractivity contribution is 5.92. The van der Waals surface area contributed by atoms with Gasteiger partial charge in [0, 0.05) is 6.54 Å². The Kier molecular flexibility index (Phi) is 4.79. The third-order valence-corrected chi connectivity index (χ3v) is 4.69. The fourth-order valence-corrected chi connectivity index (χ4v) is 3.37. The lowest BCUT2D eigenvalue weighted by Gasteiger charge is -2.25. The summed E-state index contributed by atoms with van der Waals surface area (Å²) in [5.74, 6) is 0.677. The maximum Gasteiger partial charge on any atom is 0.271 e. The van der Waals surface area contributed by atoms with Crippen molar-refractivity contribution < 1.29 is 9.21 Å². The van der Waals surface area contributed by atoms with E-state index in [4.69, 9.17) is 4.42 Å². The standard InChI is InChI=1S/C19H21N5O2/c25-19(17-14-21-22-24(17)15-7-2-1-3-8-15)20-13-16(18-9-6-12-26-18)23-10-4-5-11-23/h1-3,6-9,12,14,16H,4-5,10-11,13H2,(H,20,25). The van der Waals surface area contributed by atoms with Crippen LogP contribution in [-0.2, 0) is 0 Å². The van der Waals surface area contributed by atoms with E-state index >= 15 is 0 Å². The SMILES string of the molecule is O=C(NCC(c1ccco1)N1CCCC1)c1cnnn1-c1ccccc1. The fourth-order valence-electron chi connectivity index (χ4n) is 3.37. The van der Waals surface area contributed by atoms with Crippen LogP contribution in [0.25, 0.3) is 5.69 Å². The number of aromatic nitrogens is 3. The Hall–Kier alpha value is -2.93. The first kappa shape index (κ1) is 16.5. The van der Waals surface area contributed by atoms with Gasteiger partial charge in [0.1, 0.15) is 5.76 Å². The number of likely N-dealkylation sites (tertiary alicyclic amines) is 1. The van der Waals surface area contributed by atoms with E-state index in [1.165, 1.54) is 19.0 Å². The van der Waals surface area contributed by atoms with Crippen molar-refractivity contribution in [2.75, 3.05) is 19.6 Å². The molecule has 7 heteroatoms. The van der Waals surface area contributed by atoms with Gasteiger partial charge in [-0.05, 0) is 50.2 Å². The molecule has 26 heavy (non-hydrogen) atoms. The second-order valence-corrected chi connectivity index (χ2v) is 6.35. The molecule has 1 atom stereocenters. The fraction of sp³-hybridized carbons (Fsp3) is 0.316. The van der Waals surface area contributed by atoms with Crippen molar-refractivity contribution in [1.82, 2.24) is 25.2 Å². The van der Waals surface area contributed by atoms with Crippen LogP contribution in [0.5, 0.6) is 0 Å². The minimum atomic E-state index is -0.199. The monoisotopic (exact) mass is 351 g/mol. The highest BCUT2D eigenvalue weighted by Gasteiger charge is 2.26. The predicted molar refractivity (Wildman–Crippen MR) is 95.9 cm³/mol. The third-order valence-electron chi connectivity index (χ3n) is 4.69. The summed E-state index contributed by atoms with van der Waals surface area (Å²) in [5.41, 5.74) is 1.22. The maximum absolute atomic E-state index is 12.7. The molecule has 0 bridgehead atoms. The number of nitrogens with zero attached hydrogens (tertiary/aromatic N) is 4. The zero-order chi connectivity index (χ0) is 17.8. The van der Waals surface area contributed by atoms with Crippen LogP contribution in [0.3, 0.4) is 0 Å². The lowest BCUT2D eigenvalue weighted by Crippen LogP contribution is -2.37. The number of para-hydroxylation sites is 1. The first-order valence-electron chi connectivity index (χ1n) is 8.85. The maximum atomic E-state index is 12.7. The largest absolute Gasteiger partial charge is 0.468 e. The Labute approximate surface area is 151 Å². The summed E-state index contributed by atoms with van der Waals surface area (Å²) < 4.78 is 7.15. The van der Waals surface area contributed by atoms with Gasteiger partial charge >= 0.3 is 0 Å². The molecule has 1 aliphatic heterocycles. The first-order chi connectivity index (χ1) is 12.8. The zero-order valence-corrected chi connectivity index (χ0v) is 14.4. The number of furan rings is 1. The van der Waals surface area contributed by atoms with Gasteiger partial charge in [-0.2, -0.15) is 0 Å². The molecule has 1 N–H and O–H groups in total. The van der Waals surface area contributed by atoms with Gasteiger partial charge < -0.3 is 9.73 Å². The molecule has 0 spiro atoms. The second kappa shape index (κ2) is 7.53. The van der Waals surface area contributed by atoms with Gasteiger partial charge in [0.2, 0.25) is 0 Å². The van der Waals surface area contributed by atoms with Crippen molar-refractivity contribution in [2.24, 2.45) is 0 Å². The molecule has 1 fully saturated rings. The number of rotatable bonds is 6. The predicted octanol–water partition coefficient (Wildman–Crippen LogP) is 2.43. The number of benzene rings is 1. The summed E-state index contributed by atoms with van der Waals surface area (Å²) in [7, 11) is 0. The van der Waals surface area contributed by atoms with Crippen LogP contribution >= 0.6 is 0 Å². The molecule has 1 unspecified atom stereocenters. The van der Waals surface area contributed by atoms with Crippen molar-refractivity contribution in [3.05, 3.63) is 66.4 Å². The molecule has 4 rings (SSSR count). The summed E-state index contributed by atoms with van der Waals surface area (Å²) in [6.45, 7) is 2.52. The van der Waals surface area contributed by atoms with Crippen molar-refractivity contribution in [2.45, 2.75) is 18.9 Å². The number of carbonyl (C=O) groups is 1. The van der Waals surface area contributed by atoms with E-state index < -0.39 is 0 Å². The summed E-state index contributed by atoms with van der Waals surface area (Å²) in [4.78, 5) is 15.1. The van der Waals surface area contributed by atoms with Crippen molar-refractivity contribution in [3.8, 4) is 5.69 Å². The smallest absolute Gasteiger partial charge is 0.271 e. The normalized spacial score (nSPS) is 15.8. The Bertz CT molecular complexity index is 838. The highest BCUT2D eigenvalue weighted by atomic mass is 16.3. The number of hydrogen-bond donors (Lipinski definition) is 1. The van der Waals surface area contributed by atoms with E-state index in [-0.39, 0.29) is 11.9 Å². The highest BCUT2D eigenvalue weighted by Crippen LogP contribution is 2.25. The molecule has 1 aliphatic rings. The van der Waals surface area contributed by atoms with Gasteiger partial charge in [0.15, 0.2) is 5.69 Å². The average molecular weight is 351 g/mol. The molecule has 0 saturated carbocycles. The molecule has 3 aromatic rings. The lowest BCUT2D eigenvalue weighted by molar-refractivity contribution is 0.0926. The van der Waals surface area contributed by atoms with Gasteiger partial charge in [0.05, 0.1) is 24.2 Å². The van der Waals surface area contributed by atoms with Crippen LogP contribution in [0, 0.1) is 0 Å². The van der Waals surface area contributed by atoms with Crippen LogP contribution in [0.15, 0.2) is 59.3 Å². The minimum absolute atomic E-state index is 0.0394. The molecule has 1 amide bonds. The van der Waals surface area contributed by atoms with Gasteiger partial charge in [0.25, 0.3) is 5.91 Å². The Morgan fingerprint density at radius 3 is 2.69 bits per heavy atom. The molecule has 2 aromatic heterocycles. The van der Waals surface area contributed by atoms with Crippen LogP contribution < -0.4 is 5.32 Å². The lowest BCUT2D eigenvalue weighted by atomic mass is 10.2. The number of amides is 1. The van der Waals surface area contributed by atoms with E-state index in [9.17, 15) is 4.79 Å². The van der Waals surface area contributed by atoms with Crippen LogP contribution in [-0.4, -0.2) is 45.4 Å². The first-order valence-corrected chi connectivity index (χ1v) is 8.85. The molecule has 134 valence electrons. The van der Waals surface area contributed by atoms with E-state index in [1.54, 1.807) is 10.9 Å². The molecule has 1 aromatic carbocycles. The third kappa shape index (κ3) is 3.39. The van der Waals surface area contributed by atoms with Crippen molar-refractivity contribution >= 4 is 5.91 Å². The molecule has 0 radical (unpaired) electrons. The van der Waals surface area contributed by atoms with Gasteiger partial charge in [-0.1, -0.05) is 23.4 Å². The average Bonchev–Trinajstić information content (AvgIpc) is 3.44. The molecular weight excluding hydrogens is 330 g/mol. The number of carbonyl (C=O) groups excluding carboxylic acids is 1. The topological polar surface area (TPSA) is 76.2 Å².